The maximum absolute atomic E-state index is 11.9. The first-order chi connectivity index (χ1) is 7.18. The SMILES string of the molecule is CN1CCN(C(=O)c2[nH]ncc2N)CC1. The second-order valence-electron chi connectivity index (χ2n) is 3.80. The summed E-state index contributed by atoms with van der Waals surface area (Å²) in [5, 5.41) is 6.38. The zero-order valence-electron chi connectivity index (χ0n) is 8.73. The number of aromatic nitrogens is 2. The first-order valence-electron chi connectivity index (χ1n) is 4.95. The third kappa shape index (κ3) is 1.94. The van der Waals surface area contributed by atoms with Crippen LogP contribution in [-0.2, 0) is 0 Å². The molecule has 15 heavy (non-hydrogen) atoms. The lowest BCUT2D eigenvalue weighted by atomic mass is 10.2. The summed E-state index contributed by atoms with van der Waals surface area (Å²) in [5.41, 5.74) is 6.44. The Balaban J connectivity index is 2.06. The van der Waals surface area contributed by atoms with Crippen LogP contribution in [0.1, 0.15) is 10.5 Å². The molecule has 1 fully saturated rings. The molecule has 0 bridgehead atoms. The van der Waals surface area contributed by atoms with E-state index in [1.54, 1.807) is 4.90 Å². The highest BCUT2D eigenvalue weighted by Gasteiger charge is 2.22. The minimum atomic E-state index is -0.0573. The van der Waals surface area contributed by atoms with Crippen LogP contribution in [0, 0.1) is 0 Å². The lowest BCUT2D eigenvalue weighted by Crippen LogP contribution is -2.47. The number of carbonyl (C=O) groups is 1. The fourth-order valence-corrected chi connectivity index (χ4v) is 1.63. The van der Waals surface area contributed by atoms with E-state index in [2.05, 4.69) is 15.1 Å². The molecule has 0 saturated carbocycles. The molecule has 6 heteroatoms. The minimum Gasteiger partial charge on any atom is -0.396 e. The summed E-state index contributed by atoms with van der Waals surface area (Å²) in [6.45, 7) is 3.29. The molecule has 82 valence electrons. The van der Waals surface area contributed by atoms with Crippen LogP contribution in [0.25, 0.3) is 0 Å². The van der Waals surface area contributed by atoms with Gasteiger partial charge in [-0.1, -0.05) is 0 Å². The van der Waals surface area contributed by atoms with Gasteiger partial charge in [0.1, 0.15) is 5.69 Å². The summed E-state index contributed by atoms with van der Waals surface area (Å²) >= 11 is 0. The maximum Gasteiger partial charge on any atom is 0.274 e. The highest BCUT2D eigenvalue weighted by atomic mass is 16.2. The van der Waals surface area contributed by atoms with Crippen molar-refractivity contribution >= 4 is 11.6 Å². The number of nitrogens with two attached hydrogens (primary N) is 1. The number of nitrogens with one attached hydrogen (secondary N) is 1. The molecule has 1 aromatic rings. The van der Waals surface area contributed by atoms with Crippen molar-refractivity contribution in [3.05, 3.63) is 11.9 Å². The Morgan fingerprint density at radius 3 is 2.67 bits per heavy atom. The average Bonchev–Trinajstić information content (AvgIpc) is 2.65. The summed E-state index contributed by atoms with van der Waals surface area (Å²) < 4.78 is 0. The van der Waals surface area contributed by atoms with E-state index in [0.717, 1.165) is 26.2 Å². The number of H-pyrrole nitrogens is 1. The lowest BCUT2D eigenvalue weighted by Gasteiger charge is -2.32. The molecule has 2 rings (SSSR count). The molecule has 1 aromatic heterocycles. The Kier molecular flexibility index (Phi) is 2.59. The van der Waals surface area contributed by atoms with E-state index in [0.29, 0.717) is 11.4 Å². The number of likely N-dealkylation sites (N-methyl/N-ethyl adjacent to an activating group) is 1. The molecule has 1 amide bonds. The number of anilines is 1. The van der Waals surface area contributed by atoms with Gasteiger partial charge in [0.05, 0.1) is 11.9 Å². The average molecular weight is 209 g/mol. The molecule has 1 aliphatic rings. The van der Waals surface area contributed by atoms with Crippen LogP contribution in [0.4, 0.5) is 5.69 Å². The maximum atomic E-state index is 11.9. The third-order valence-corrected chi connectivity index (χ3v) is 2.67. The number of hydrogen-bond acceptors (Lipinski definition) is 4. The van der Waals surface area contributed by atoms with E-state index in [1.165, 1.54) is 6.20 Å². The number of hydrogen-bond donors (Lipinski definition) is 2. The number of amides is 1. The summed E-state index contributed by atoms with van der Waals surface area (Å²) in [4.78, 5) is 15.9. The normalized spacial score (nSPS) is 18.1. The monoisotopic (exact) mass is 209 g/mol. The van der Waals surface area contributed by atoms with Gasteiger partial charge >= 0.3 is 0 Å². The van der Waals surface area contributed by atoms with E-state index in [4.69, 9.17) is 5.73 Å². The molecule has 6 nitrogen and oxygen atoms in total. The van der Waals surface area contributed by atoms with Gasteiger partial charge in [-0.25, -0.2) is 0 Å². The highest BCUT2D eigenvalue weighted by Crippen LogP contribution is 2.11. The van der Waals surface area contributed by atoms with Gasteiger partial charge in [0, 0.05) is 26.2 Å². The molecule has 0 atom stereocenters. The lowest BCUT2D eigenvalue weighted by molar-refractivity contribution is 0.0659. The van der Waals surface area contributed by atoms with Gasteiger partial charge in [-0.05, 0) is 7.05 Å². The number of nitrogens with zero attached hydrogens (tertiary/aromatic N) is 3. The van der Waals surface area contributed by atoms with Crippen molar-refractivity contribution in [1.29, 1.82) is 0 Å². The third-order valence-electron chi connectivity index (χ3n) is 2.67. The molecular formula is C9H15N5O. The molecule has 0 spiro atoms. The molecular weight excluding hydrogens is 194 g/mol. The molecule has 1 aliphatic heterocycles. The fraction of sp³-hybridized carbons (Fsp3) is 0.556. The van der Waals surface area contributed by atoms with Crippen LogP contribution in [0.15, 0.2) is 6.20 Å². The summed E-state index contributed by atoms with van der Waals surface area (Å²) in [6.07, 6.45) is 1.46. The van der Waals surface area contributed by atoms with Crippen LogP contribution < -0.4 is 5.73 Å². The van der Waals surface area contributed by atoms with Gasteiger partial charge in [0.25, 0.3) is 5.91 Å². The van der Waals surface area contributed by atoms with Gasteiger partial charge < -0.3 is 15.5 Å². The smallest absolute Gasteiger partial charge is 0.274 e. The first-order valence-corrected chi connectivity index (χ1v) is 4.95. The number of aromatic amines is 1. The Bertz CT molecular complexity index is 353. The summed E-state index contributed by atoms with van der Waals surface area (Å²) in [5.74, 6) is -0.0573. The molecule has 0 aliphatic carbocycles. The van der Waals surface area contributed by atoms with Gasteiger partial charge in [0.2, 0.25) is 0 Å². The molecule has 0 radical (unpaired) electrons. The van der Waals surface area contributed by atoms with E-state index >= 15 is 0 Å². The first kappa shape index (κ1) is 9.97. The number of carbonyl (C=O) groups excluding carboxylic acids is 1. The van der Waals surface area contributed by atoms with Gasteiger partial charge in [-0.3, -0.25) is 9.89 Å². The van der Waals surface area contributed by atoms with Crippen LogP contribution in [0.3, 0.4) is 0 Å². The topological polar surface area (TPSA) is 78.2 Å². The second kappa shape index (κ2) is 3.90. The van der Waals surface area contributed by atoms with Crippen molar-refractivity contribution in [2.75, 3.05) is 39.0 Å². The second-order valence-corrected chi connectivity index (χ2v) is 3.80. The molecule has 0 unspecified atom stereocenters. The predicted molar refractivity (Wildman–Crippen MR) is 56.4 cm³/mol. The van der Waals surface area contributed by atoms with Crippen LogP contribution in [0.5, 0.6) is 0 Å². The van der Waals surface area contributed by atoms with E-state index in [-0.39, 0.29) is 5.91 Å². The van der Waals surface area contributed by atoms with Crippen molar-refractivity contribution in [3.63, 3.8) is 0 Å². The Morgan fingerprint density at radius 2 is 2.13 bits per heavy atom. The standard InChI is InChI=1S/C9H15N5O/c1-13-2-4-14(5-3-13)9(15)8-7(10)6-11-12-8/h6H,2-5,10H2,1H3,(H,11,12). The molecule has 3 N–H and O–H groups in total. The summed E-state index contributed by atoms with van der Waals surface area (Å²) in [7, 11) is 2.05. The van der Waals surface area contributed by atoms with E-state index in [1.807, 2.05) is 7.05 Å². The Hall–Kier alpha value is -1.56. The zero-order chi connectivity index (χ0) is 10.8. The van der Waals surface area contributed by atoms with Crippen molar-refractivity contribution in [1.82, 2.24) is 20.0 Å². The van der Waals surface area contributed by atoms with Crippen molar-refractivity contribution in [2.24, 2.45) is 0 Å². The molecule has 0 aromatic carbocycles. The van der Waals surface area contributed by atoms with E-state index in [9.17, 15) is 4.79 Å². The van der Waals surface area contributed by atoms with Crippen molar-refractivity contribution in [2.45, 2.75) is 0 Å². The van der Waals surface area contributed by atoms with Gasteiger partial charge in [-0.15, -0.1) is 0 Å². The van der Waals surface area contributed by atoms with Crippen LogP contribution in [0.2, 0.25) is 0 Å². The highest BCUT2D eigenvalue weighted by molar-refractivity contribution is 5.97. The quantitative estimate of drug-likeness (QED) is 0.646. The number of nitrogen functional groups attached to an aromatic ring is 1. The summed E-state index contributed by atoms with van der Waals surface area (Å²) in [6, 6.07) is 0. The van der Waals surface area contributed by atoms with Crippen molar-refractivity contribution < 1.29 is 4.79 Å². The fourth-order valence-electron chi connectivity index (χ4n) is 1.63. The van der Waals surface area contributed by atoms with E-state index < -0.39 is 0 Å². The minimum absolute atomic E-state index is 0.0573. The van der Waals surface area contributed by atoms with Crippen molar-refractivity contribution in [3.8, 4) is 0 Å². The largest absolute Gasteiger partial charge is 0.396 e. The molecule has 1 saturated heterocycles. The predicted octanol–water partition coefficient (Wildman–Crippen LogP) is -0.620. The van der Waals surface area contributed by atoms with Crippen LogP contribution in [-0.4, -0.2) is 59.1 Å². The Morgan fingerprint density at radius 1 is 1.47 bits per heavy atom. The number of piperazine rings is 1. The zero-order valence-corrected chi connectivity index (χ0v) is 8.73. The van der Waals surface area contributed by atoms with Gasteiger partial charge in [-0.2, -0.15) is 5.10 Å². The van der Waals surface area contributed by atoms with Gasteiger partial charge in [0.15, 0.2) is 0 Å². The Labute approximate surface area is 88.0 Å². The number of rotatable bonds is 1. The molecule has 2 heterocycles. The van der Waals surface area contributed by atoms with Crippen LogP contribution >= 0.6 is 0 Å².